The molecule has 1 heterocycles. The van der Waals surface area contributed by atoms with E-state index in [1.54, 1.807) is 0 Å². The monoisotopic (exact) mass is 433 g/mol. The van der Waals surface area contributed by atoms with Gasteiger partial charge in [0, 0.05) is 17.5 Å². The normalized spacial score (nSPS) is 12.3. The minimum atomic E-state index is -4.46. The van der Waals surface area contributed by atoms with Crippen molar-refractivity contribution in [2.24, 2.45) is 0 Å². The van der Waals surface area contributed by atoms with Crippen molar-refractivity contribution in [2.45, 2.75) is 25.7 Å². The third-order valence-electron chi connectivity index (χ3n) is 4.22. The molecular weight excluding hydrogens is 415 g/mol. The number of thiazole rings is 1. The van der Waals surface area contributed by atoms with Crippen LogP contribution in [0.2, 0.25) is 0 Å². The van der Waals surface area contributed by atoms with E-state index in [1.807, 2.05) is 30.3 Å². The molecule has 30 heavy (non-hydrogen) atoms. The summed E-state index contributed by atoms with van der Waals surface area (Å²) < 4.78 is 38.7. The van der Waals surface area contributed by atoms with Gasteiger partial charge in [0.2, 0.25) is 5.91 Å². The first kappa shape index (κ1) is 21.5. The highest BCUT2D eigenvalue weighted by Gasteiger charge is 2.30. The third kappa shape index (κ3) is 5.44. The van der Waals surface area contributed by atoms with Gasteiger partial charge < -0.3 is 10.6 Å². The van der Waals surface area contributed by atoms with Gasteiger partial charge in [0.25, 0.3) is 5.91 Å². The SMILES string of the molecule is CC(NC(=O)c1csc(-c2cccc(C(F)(F)F)c2)n1)C(=O)NCc1ccccc1. The van der Waals surface area contributed by atoms with Gasteiger partial charge in [-0.1, -0.05) is 42.5 Å². The van der Waals surface area contributed by atoms with Crippen LogP contribution in [0.5, 0.6) is 0 Å². The van der Waals surface area contributed by atoms with Crippen LogP contribution >= 0.6 is 11.3 Å². The predicted molar refractivity (Wildman–Crippen MR) is 108 cm³/mol. The molecule has 0 aliphatic carbocycles. The number of amides is 2. The molecule has 3 rings (SSSR count). The van der Waals surface area contributed by atoms with Crippen LogP contribution in [0.1, 0.15) is 28.5 Å². The predicted octanol–water partition coefficient (Wildman–Crippen LogP) is 4.26. The number of aromatic nitrogens is 1. The molecule has 0 saturated carbocycles. The van der Waals surface area contributed by atoms with Gasteiger partial charge in [0.05, 0.1) is 5.56 Å². The zero-order valence-electron chi connectivity index (χ0n) is 15.9. The van der Waals surface area contributed by atoms with Crippen molar-refractivity contribution in [1.29, 1.82) is 0 Å². The molecule has 2 amide bonds. The van der Waals surface area contributed by atoms with Gasteiger partial charge in [-0.3, -0.25) is 9.59 Å². The molecule has 0 radical (unpaired) electrons. The minimum Gasteiger partial charge on any atom is -0.350 e. The molecule has 0 bridgehead atoms. The first-order chi connectivity index (χ1) is 14.2. The van der Waals surface area contributed by atoms with Crippen molar-refractivity contribution in [3.05, 3.63) is 76.8 Å². The largest absolute Gasteiger partial charge is 0.416 e. The van der Waals surface area contributed by atoms with Crippen molar-refractivity contribution in [3.63, 3.8) is 0 Å². The van der Waals surface area contributed by atoms with E-state index in [0.29, 0.717) is 6.54 Å². The van der Waals surface area contributed by atoms with Gasteiger partial charge in [0.1, 0.15) is 16.7 Å². The number of nitrogens with one attached hydrogen (secondary N) is 2. The average Bonchev–Trinajstić information content (AvgIpc) is 3.22. The van der Waals surface area contributed by atoms with Crippen molar-refractivity contribution in [2.75, 3.05) is 0 Å². The van der Waals surface area contributed by atoms with Crippen LogP contribution in [0.3, 0.4) is 0 Å². The number of nitrogens with zero attached hydrogens (tertiary/aromatic N) is 1. The lowest BCUT2D eigenvalue weighted by atomic mass is 10.1. The smallest absolute Gasteiger partial charge is 0.350 e. The van der Waals surface area contributed by atoms with Gasteiger partial charge in [-0.15, -0.1) is 11.3 Å². The number of carbonyl (C=O) groups excluding carboxylic acids is 2. The maximum absolute atomic E-state index is 12.9. The summed E-state index contributed by atoms with van der Waals surface area (Å²) >= 11 is 1.05. The lowest BCUT2D eigenvalue weighted by molar-refractivity contribution is -0.137. The van der Waals surface area contributed by atoms with E-state index >= 15 is 0 Å². The van der Waals surface area contributed by atoms with Crippen LogP contribution in [0.4, 0.5) is 13.2 Å². The summed E-state index contributed by atoms with van der Waals surface area (Å²) in [4.78, 5) is 28.7. The Morgan fingerprint density at radius 1 is 1.10 bits per heavy atom. The highest BCUT2D eigenvalue weighted by Crippen LogP contribution is 2.33. The fourth-order valence-corrected chi connectivity index (χ4v) is 3.41. The van der Waals surface area contributed by atoms with Crippen molar-refractivity contribution < 1.29 is 22.8 Å². The van der Waals surface area contributed by atoms with Crippen LogP contribution in [-0.2, 0) is 17.5 Å². The molecule has 1 atom stereocenters. The van der Waals surface area contributed by atoms with E-state index in [4.69, 9.17) is 0 Å². The van der Waals surface area contributed by atoms with Crippen LogP contribution in [0.15, 0.2) is 60.0 Å². The van der Waals surface area contributed by atoms with E-state index in [2.05, 4.69) is 15.6 Å². The number of rotatable bonds is 6. The van der Waals surface area contributed by atoms with Crippen molar-refractivity contribution in [1.82, 2.24) is 15.6 Å². The standard InChI is InChI=1S/C21H18F3N3O2S/c1-13(18(28)25-11-14-6-3-2-4-7-14)26-19(29)17-12-30-20(27-17)15-8-5-9-16(10-15)21(22,23)24/h2-10,12-13H,11H2,1H3,(H,25,28)(H,26,29). The Balaban J connectivity index is 1.61. The first-order valence-electron chi connectivity index (χ1n) is 8.99. The first-order valence-corrected chi connectivity index (χ1v) is 9.87. The van der Waals surface area contributed by atoms with E-state index in [1.165, 1.54) is 24.4 Å². The van der Waals surface area contributed by atoms with E-state index in [0.717, 1.165) is 29.0 Å². The lowest BCUT2D eigenvalue weighted by Crippen LogP contribution is -2.44. The van der Waals surface area contributed by atoms with Crippen LogP contribution in [0.25, 0.3) is 10.6 Å². The number of carbonyl (C=O) groups is 2. The van der Waals surface area contributed by atoms with Crippen LogP contribution in [-0.4, -0.2) is 22.8 Å². The minimum absolute atomic E-state index is 0.0371. The summed E-state index contributed by atoms with van der Waals surface area (Å²) in [6.07, 6.45) is -4.46. The van der Waals surface area contributed by atoms with Gasteiger partial charge in [-0.2, -0.15) is 13.2 Å². The molecule has 0 saturated heterocycles. The summed E-state index contributed by atoms with van der Waals surface area (Å²) in [6, 6.07) is 13.3. The Hall–Kier alpha value is -3.20. The quantitative estimate of drug-likeness (QED) is 0.610. The number of halogens is 3. The Bertz CT molecular complexity index is 1040. The van der Waals surface area contributed by atoms with Gasteiger partial charge in [-0.25, -0.2) is 4.98 Å². The molecule has 2 N–H and O–H groups in total. The van der Waals surface area contributed by atoms with Crippen molar-refractivity contribution in [3.8, 4) is 10.6 Å². The van der Waals surface area contributed by atoms with Crippen LogP contribution in [0, 0.1) is 0 Å². The summed E-state index contributed by atoms with van der Waals surface area (Å²) in [5.74, 6) is -0.938. The fourth-order valence-electron chi connectivity index (χ4n) is 2.61. The third-order valence-corrected chi connectivity index (χ3v) is 5.12. The molecule has 2 aromatic carbocycles. The van der Waals surface area contributed by atoms with E-state index < -0.39 is 23.7 Å². The van der Waals surface area contributed by atoms with Gasteiger partial charge >= 0.3 is 6.18 Å². The lowest BCUT2D eigenvalue weighted by Gasteiger charge is -2.13. The molecule has 0 spiro atoms. The fraction of sp³-hybridized carbons (Fsp3) is 0.190. The maximum Gasteiger partial charge on any atom is 0.416 e. The maximum atomic E-state index is 12.9. The molecule has 0 fully saturated rings. The van der Waals surface area contributed by atoms with Gasteiger partial charge in [0.15, 0.2) is 0 Å². The molecule has 0 aliphatic heterocycles. The molecule has 5 nitrogen and oxygen atoms in total. The molecule has 1 aromatic heterocycles. The molecule has 1 unspecified atom stereocenters. The topological polar surface area (TPSA) is 71.1 Å². The average molecular weight is 433 g/mol. The Morgan fingerprint density at radius 3 is 2.53 bits per heavy atom. The Labute approximate surface area is 175 Å². The van der Waals surface area contributed by atoms with E-state index in [-0.39, 0.29) is 22.2 Å². The highest BCUT2D eigenvalue weighted by molar-refractivity contribution is 7.13. The summed E-state index contributed by atoms with van der Waals surface area (Å²) in [5, 5.41) is 7.00. The molecule has 0 aliphatic rings. The zero-order chi connectivity index (χ0) is 21.7. The van der Waals surface area contributed by atoms with E-state index in [9.17, 15) is 22.8 Å². The Kier molecular flexibility index (Phi) is 6.51. The van der Waals surface area contributed by atoms with Crippen LogP contribution < -0.4 is 10.6 Å². The number of hydrogen-bond acceptors (Lipinski definition) is 4. The second-order valence-corrected chi connectivity index (χ2v) is 7.37. The zero-order valence-corrected chi connectivity index (χ0v) is 16.7. The summed E-state index contributed by atoms with van der Waals surface area (Å²) in [7, 11) is 0. The molecular formula is C21H18F3N3O2S. The Morgan fingerprint density at radius 2 is 1.83 bits per heavy atom. The second-order valence-electron chi connectivity index (χ2n) is 6.52. The number of benzene rings is 2. The second kappa shape index (κ2) is 9.08. The molecule has 3 aromatic rings. The summed E-state index contributed by atoms with van der Waals surface area (Å²) in [6.45, 7) is 1.87. The number of hydrogen-bond donors (Lipinski definition) is 2. The number of alkyl halides is 3. The highest BCUT2D eigenvalue weighted by atomic mass is 32.1. The van der Waals surface area contributed by atoms with Crippen molar-refractivity contribution >= 4 is 23.2 Å². The molecule has 9 heteroatoms. The summed E-state index contributed by atoms with van der Waals surface area (Å²) in [5.41, 5.74) is 0.442. The molecule has 156 valence electrons. The van der Waals surface area contributed by atoms with Gasteiger partial charge in [-0.05, 0) is 24.6 Å².